The molecule has 1 unspecified atom stereocenters. The van der Waals surface area contributed by atoms with Gasteiger partial charge in [-0.15, -0.1) is 11.3 Å². The zero-order chi connectivity index (χ0) is 13.8. The number of nitrogens with one attached hydrogen (secondary N) is 1. The van der Waals surface area contributed by atoms with Crippen LogP contribution in [0.5, 0.6) is 0 Å². The summed E-state index contributed by atoms with van der Waals surface area (Å²) in [6.07, 6.45) is 1.00. The highest BCUT2D eigenvalue weighted by atomic mass is 79.9. The van der Waals surface area contributed by atoms with E-state index in [4.69, 9.17) is 18.0 Å². The number of thiocarbonyl (C=S) groups is 1. The molecule has 0 saturated heterocycles. The number of halogens is 1. The van der Waals surface area contributed by atoms with Crippen LogP contribution in [0.15, 0.2) is 40.2 Å². The van der Waals surface area contributed by atoms with Crippen molar-refractivity contribution in [3.8, 4) is 0 Å². The highest BCUT2D eigenvalue weighted by Crippen LogP contribution is 2.29. The number of rotatable bonds is 5. The molecule has 100 valence electrons. The highest BCUT2D eigenvalue weighted by Gasteiger charge is 2.13. The fourth-order valence-corrected chi connectivity index (χ4v) is 3.30. The van der Waals surface area contributed by atoms with Crippen LogP contribution in [0.4, 0.5) is 5.69 Å². The van der Waals surface area contributed by atoms with Crippen LogP contribution in [0, 0.1) is 0 Å². The van der Waals surface area contributed by atoms with Gasteiger partial charge in [-0.05, 0) is 36.1 Å². The van der Waals surface area contributed by atoms with Crippen LogP contribution in [0.3, 0.4) is 0 Å². The lowest BCUT2D eigenvalue weighted by Crippen LogP contribution is -2.15. The molecule has 2 aromatic rings. The molecular weight excluding hydrogens is 340 g/mol. The van der Waals surface area contributed by atoms with E-state index in [1.807, 2.05) is 18.2 Å². The lowest BCUT2D eigenvalue weighted by atomic mass is 10.1. The van der Waals surface area contributed by atoms with Crippen molar-refractivity contribution in [2.24, 2.45) is 5.73 Å². The average molecular weight is 355 g/mol. The summed E-state index contributed by atoms with van der Waals surface area (Å²) < 4.78 is 1.01. The summed E-state index contributed by atoms with van der Waals surface area (Å²) in [5, 5.41) is 5.63. The summed E-state index contributed by atoms with van der Waals surface area (Å²) >= 11 is 10.3. The van der Waals surface area contributed by atoms with Gasteiger partial charge in [-0.3, -0.25) is 0 Å². The van der Waals surface area contributed by atoms with Crippen molar-refractivity contribution in [1.29, 1.82) is 0 Å². The quantitative estimate of drug-likeness (QED) is 0.763. The molecule has 1 aromatic carbocycles. The molecule has 0 bridgehead atoms. The van der Waals surface area contributed by atoms with Crippen LogP contribution in [-0.2, 0) is 0 Å². The Hall–Kier alpha value is -0.910. The molecule has 0 fully saturated rings. The molecule has 0 aliphatic heterocycles. The molecule has 0 spiro atoms. The third-order valence-electron chi connectivity index (χ3n) is 2.87. The minimum Gasteiger partial charge on any atom is -0.389 e. The topological polar surface area (TPSA) is 38.0 Å². The minimum atomic E-state index is 0.280. The van der Waals surface area contributed by atoms with Gasteiger partial charge in [0.25, 0.3) is 0 Å². The van der Waals surface area contributed by atoms with Gasteiger partial charge in [-0.1, -0.05) is 41.1 Å². The molecule has 1 aromatic heterocycles. The van der Waals surface area contributed by atoms with Crippen LogP contribution in [-0.4, -0.2) is 4.99 Å². The first kappa shape index (κ1) is 14.5. The van der Waals surface area contributed by atoms with Crippen molar-refractivity contribution in [1.82, 2.24) is 0 Å². The third-order valence-corrected chi connectivity index (χ3v) is 4.57. The lowest BCUT2D eigenvalue weighted by molar-refractivity contribution is 0.763. The summed E-state index contributed by atoms with van der Waals surface area (Å²) in [5.74, 6) is 0. The van der Waals surface area contributed by atoms with Crippen LogP contribution in [0.25, 0.3) is 0 Å². The second-order valence-corrected chi connectivity index (χ2v) is 6.51. The molecule has 3 N–H and O–H groups in total. The minimum absolute atomic E-state index is 0.280. The van der Waals surface area contributed by atoms with Crippen molar-refractivity contribution in [2.45, 2.75) is 19.4 Å². The maximum absolute atomic E-state index is 5.78. The summed E-state index contributed by atoms with van der Waals surface area (Å²) in [7, 11) is 0. The first-order valence-electron chi connectivity index (χ1n) is 6.01. The summed E-state index contributed by atoms with van der Waals surface area (Å²) in [5.41, 5.74) is 7.64. The largest absolute Gasteiger partial charge is 0.389 e. The van der Waals surface area contributed by atoms with E-state index in [0.717, 1.165) is 22.1 Å². The predicted molar refractivity (Wildman–Crippen MR) is 91.0 cm³/mol. The Labute approximate surface area is 131 Å². The number of nitrogens with two attached hydrogens (primary N) is 1. The average Bonchev–Trinajstić information content (AvgIpc) is 2.89. The Bertz CT molecular complexity index is 567. The van der Waals surface area contributed by atoms with Gasteiger partial charge < -0.3 is 11.1 Å². The monoisotopic (exact) mass is 354 g/mol. The summed E-state index contributed by atoms with van der Waals surface area (Å²) in [6.45, 7) is 2.16. The fraction of sp³-hybridized carbons (Fsp3) is 0.214. The highest BCUT2D eigenvalue weighted by molar-refractivity contribution is 9.10. The Balaban J connectivity index is 2.31. The molecule has 5 heteroatoms. The molecule has 1 atom stereocenters. The van der Waals surface area contributed by atoms with E-state index in [-0.39, 0.29) is 6.04 Å². The summed E-state index contributed by atoms with van der Waals surface area (Å²) in [4.78, 5) is 1.73. The van der Waals surface area contributed by atoms with Crippen molar-refractivity contribution in [2.75, 3.05) is 5.32 Å². The SMILES string of the molecule is CCC(Nc1cc(Br)ccc1C(N)=S)c1cccs1. The maximum Gasteiger partial charge on any atom is 0.106 e. The van der Waals surface area contributed by atoms with E-state index >= 15 is 0 Å². The Morgan fingerprint density at radius 3 is 2.84 bits per heavy atom. The zero-order valence-corrected chi connectivity index (χ0v) is 13.7. The Morgan fingerprint density at radius 2 is 2.26 bits per heavy atom. The molecule has 0 aliphatic carbocycles. The number of hydrogen-bond donors (Lipinski definition) is 2. The van der Waals surface area contributed by atoms with Gasteiger partial charge in [0.05, 0.1) is 6.04 Å². The number of thiophene rings is 1. The Kier molecular flexibility index (Phi) is 4.96. The number of benzene rings is 1. The molecule has 0 amide bonds. The van der Waals surface area contributed by atoms with Crippen molar-refractivity contribution in [3.05, 3.63) is 50.6 Å². The van der Waals surface area contributed by atoms with Crippen molar-refractivity contribution in [3.63, 3.8) is 0 Å². The van der Waals surface area contributed by atoms with Gasteiger partial charge >= 0.3 is 0 Å². The molecule has 2 nitrogen and oxygen atoms in total. The van der Waals surface area contributed by atoms with Crippen LogP contribution in [0.1, 0.15) is 29.8 Å². The Morgan fingerprint density at radius 1 is 1.47 bits per heavy atom. The maximum atomic E-state index is 5.78. The van der Waals surface area contributed by atoms with Gasteiger partial charge in [0, 0.05) is 20.6 Å². The van der Waals surface area contributed by atoms with E-state index in [9.17, 15) is 0 Å². The first-order chi connectivity index (χ1) is 9.11. The second kappa shape index (κ2) is 6.50. The lowest BCUT2D eigenvalue weighted by Gasteiger charge is -2.19. The van der Waals surface area contributed by atoms with Gasteiger partial charge in [0.2, 0.25) is 0 Å². The van der Waals surface area contributed by atoms with Crippen LogP contribution in [0.2, 0.25) is 0 Å². The molecule has 19 heavy (non-hydrogen) atoms. The van der Waals surface area contributed by atoms with Gasteiger partial charge in [0.1, 0.15) is 4.99 Å². The molecule has 0 aliphatic rings. The van der Waals surface area contributed by atoms with Crippen molar-refractivity contribution < 1.29 is 0 Å². The number of anilines is 1. The molecule has 0 saturated carbocycles. The second-order valence-electron chi connectivity index (χ2n) is 4.17. The van der Waals surface area contributed by atoms with Gasteiger partial charge in [0.15, 0.2) is 0 Å². The first-order valence-corrected chi connectivity index (χ1v) is 8.09. The van der Waals surface area contributed by atoms with E-state index in [2.05, 4.69) is 45.7 Å². The van der Waals surface area contributed by atoms with Crippen LogP contribution >= 0.6 is 39.5 Å². The van der Waals surface area contributed by atoms with Crippen molar-refractivity contribution >= 4 is 50.2 Å². The summed E-state index contributed by atoms with van der Waals surface area (Å²) in [6, 6.07) is 10.4. The van der Waals surface area contributed by atoms with Crippen LogP contribution < -0.4 is 11.1 Å². The van der Waals surface area contributed by atoms with E-state index < -0.39 is 0 Å². The normalized spacial score (nSPS) is 12.1. The fourth-order valence-electron chi connectivity index (χ4n) is 1.90. The molecule has 1 heterocycles. The van der Waals surface area contributed by atoms with E-state index in [0.29, 0.717) is 4.99 Å². The standard InChI is InChI=1S/C14H15BrN2S2/c1-2-11(13-4-3-7-19-13)17-12-8-9(15)5-6-10(12)14(16)18/h3-8,11,17H,2H2,1H3,(H2,16,18). The zero-order valence-electron chi connectivity index (χ0n) is 10.5. The molecule has 0 radical (unpaired) electrons. The molecule has 2 rings (SSSR count). The smallest absolute Gasteiger partial charge is 0.106 e. The predicted octanol–water partition coefficient (Wildman–Crippen LogP) is 4.71. The number of hydrogen-bond acceptors (Lipinski definition) is 3. The molecular formula is C14H15BrN2S2. The van der Waals surface area contributed by atoms with Gasteiger partial charge in [-0.25, -0.2) is 0 Å². The van der Waals surface area contributed by atoms with Gasteiger partial charge in [-0.2, -0.15) is 0 Å². The third kappa shape index (κ3) is 3.55. The van der Waals surface area contributed by atoms with E-state index in [1.165, 1.54) is 4.88 Å². The van der Waals surface area contributed by atoms with E-state index in [1.54, 1.807) is 11.3 Å².